The van der Waals surface area contributed by atoms with Crippen molar-refractivity contribution in [1.29, 1.82) is 0 Å². The Morgan fingerprint density at radius 1 is 1.14 bits per heavy atom. The summed E-state index contributed by atoms with van der Waals surface area (Å²) in [4.78, 5) is 25.5. The Balaban J connectivity index is 0.00000220. The van der Waals surface area contributed by atoms with Gasteiger partial charge in [-0.15, -0.1) is 0 Å². The molecule has 2 rings (SSSR count). The summed E-state index contributed by atoms with van der Waals surface area (Å²) < 4.78 is 12.2. The zero-order chi connectivity index (χ0) is 14.4. The second-order valence-corrected chi connectivity index (χ2v) is 7.74. The van der Waals surface area contributed by atoms with E-state index in [0.717, 1.165) is 24.8 Å². The monoisotopic (exact) mass is 317 g/mol. The first-order valence-corrected chi connectivity index (χ1v) is 9.17. The maximum atomic E-state index is 12.2. The second-order valence-electron chi connectivity index (χ2n) is 5.38. The van der Waals surface area contributed by atoms with Crippen LogP contribution in [0.4, 0.5) is 0 Å². The zero-order valence-electron chi connectivity index (χ0n) is 12.7. The van der Waals surface area contributed by atoms with Crippen LogP contribution in [0.5, 0.6) is 0 Å². The van der Waals surface area contributed by atoms with Crippen LogP contribution in [-0.4, -0.2) is 29.8 Å². The maximum absolute atomic E-state index is 12.2. The minimum absolute atomic E-state index is 0. The van der Waals surface area contributed by atoms with Crippen LogP contribution < -0.4 is 34.5 Å². The summed E-state index contributed by atoms with van der Waals surface area (Å²) in [5, 5.41) is 0. The van der Waals surface area contributed by atoms with Crippen molar-refractivity contribution in [3.63, 3.8) is 0 Å². The zero-order valence-corrected chi connectivity index (χ0v) is 15.6. The molecule has 4 nitrogen and oxygen atoms in total. The van der Waals surface area contributed by atoms with E-state index in [9.17, 15) is 14.3 Å². The SMILES string of the molecule is O=C1CCCCCN1CP(=O)([O-])CCc1ccccc1.[Na+]. The number of hydrogen-bond donors (Lipinski definition) is 0. The first-order chi connectivity index (χ1) is 9.57. The Kier molecular flexibility index (Phi) is 8.22. The van der Waals surface area contributed by atoms with Crippen molar-refractivity contribution >= 4 is 13.3 Å². The Hall–Kier alpha value is -0.120. The first kappa shape index (κ1) is 18.9. The molecule has 110 valence electrons. The van der Waals surface area contributed by atoms with Gasteiger partial charge in [-0.2, -0.15) is 0 Å². The molecule has 0 N–H and O–H groups in total. The van der Waals surface area contributed by atoms with E-state index < -0.39 is 7.37 Å². The van der Waals surface area contributed by atoms with Crippen molar-refractivity contribution in [2.45, 2.75) is 32.1 Å². The fourth-order valence-electron chi connectivity index (χ4n) is 2.46. The molecule has 0 aromatic heterocycles. The van der Waals surface area contributed by atoms with Gasteiger partial charge >= 0.3 is 29.6 Å². The molecule has 1 aromatic carbocycles. The summed E-state index contributed by atoms with van der Waals surface area (Å²) in [5.74, 6) is -0.0155. The van der Waals surface area contributed by atoms with Crippen LogP contribution in [0.15, 0.2) is 30.3 Å². The van der Waals surface area contributed by atoms with Gasteiger partial charge in [-0.25, -0.2) is 0 Å². The van der Waals surface area contributed by atoms with Crippen molar-refractivity contribution in [1.82, 2.24) is 4.90 Å². The smallest absolute Gasteiger partial charge is 0.798 e. The Bertz CT molecular complexity index is 495. The summed E-state index contributed by atoms with van der Waals surface area (Å²) in [6.45, 7) is 0.580. The second kappa shape index (κ2) is 9.12. The molecule has 1 aromatic rings. The van der Waals surface area contributed by atoms with E-state index in [1.165, 1.54) is 4.90 Å². The molecule has 1 atom stereocenters. The van der Waals surface area contributed by atoms with Crippen LogP contribution >= 0.6 is 7.37 Å². The molecule has 0 saturated carbocycles. The number of likely N-dealkylation sites (tertiary alicyclic amines) is 1. The van der Waals surface area contributed by atoms with Crippen molar-refractivity contribution in [2.75, 3.05) is 19.0 Å². The van der Waals surface area contributed by atoms with Gasteiger partial charge < -0.3 is 14.4 Å². The number of hydrogen-bond acceptors (Lipinski definition) is 3. The van der Waals surface area contributed by atoms with Crippen LogP contribution in [0, 0.1) is 0 Å². The largest absolute Gasteiger partial charge is 1.00 e. The molecule has 1 unspecified atom stereocenters. The van der Waals surface area contributed by atoms with Gasteiger partial charge in [-0.1, -0.05) is 36.8 Å². The van der Waals surface area contributed by atoms with E-state index in [-0.39, 0.29) is 47.9 Å². The molecular formula is C15H21NNaO3P. The first-order valence-electron chi connectivity index (χ1n) is 7.18. The quantitative estimate of drug-likeness (QED) is 0.529. The fraction of sp³-hybridized carbons (Fsp3) is 0.533. The van der Waals surface area contributed by atoms with Crippen molar-refractivity contribution in [3.05, 3.63) is 35.9 Å². The molecule has 6 heteroatoms. The number of benzene rings is 1. The predicted molar refractivity (Wildman–Crippen MR) is 77.7 cm³/mol. The normalized spacial score (nSPS) is 18.5. The minimum atomic E-state index is -3.53. The van der Waals surface area contributed by atoms with Gasteiger partial charge in [-0.3, -0.25) is 4.79 Å². The molecule has 0 bridgehead atoms. The number of rotatable bonds is 5. The van der Waals surface area contributed by atoms with E-state index in [1.807, 2.05) is 30.3 Å². The van der Waals surface area contributed by atoms with Gasteiger partial charge in [0.15, 0.2) is 0 Å². The van der Waals surface area contributed by atoms with Crippen LogP contribution in [-0.2, 0) is 15.8 Å². The molecule has 1 saturated heterocycles. The topological polar surface area (TPSA) is 60.4 Å². The van der Waals surface area contributed by atoms with E-state index >= 15 is 0 Å². The molecule has 1 amide bonds. The molecule has 1 heterocycles. The predicted octanol–water partition coefficient (Wildman–Crippen LogP) is -0.768. The van der Waals surface area contributed by atoms with Gasteiger partial charge in [0.2, 0.25) is 5.91 Å². The van der Waals surface area contributed by atoms with Gasteiger partial charge in [0, 0.05) is 20.3 Å². The Morgan fingerprint density at radius 3 is 2.57 bits per heavy atom. The van der Waals surface area contributed by atoms with Crippen molar-refractivity contribution in [3.8, 4) is 0 Å². The van der Waals surface area contributed by atoms with Crippen molar-refractivity contribution < 1.29 is 43.8 Å². The summed E-state index contributed by atoms with van der Waals surface area (Å²) >= 11 is 0. The third-order valence-corrected chi connectivity index (χ3v) is 5.32. The van der Waals surface area contributed by atoms with Gasteiger partial charge in [0.05, 0.1) is 6.29 Å². The molecular weight excluding hydrogens is 296 g/mol. The number of carbonyl (C=O) groups is 1. The number of carbonyl (C=O) groups excluding carboxylic acids is 1. The molecule has 1 aliphatic rings. The molecule has 21 heavy (non-hydrogen) atoms. The molecule has 1 aliphatic heterocycles. The fourth-order valence-corrected chi connectivity index (χ4v) is 4.02. The van der Waals surface area contributed by atoms with Crippen LogP contribution in [0.3, 0.4) is 0 Å². The van der Waals surface area contributed by atoms with E-state index in [0.29, 0.717) is 19.4 Å². The Morgan fingerprint density at radius 2 is 1.86 bits per heavy atom. The third-order valence-electron chi connectivity index (χ3n) is 3.64. The maximum Gasteiger partial charge on any atom is 1.00 e. The molecule has 0 aliphatic carbocycles. The summed E-state index contributed by atoms with van der Waals surface area (Å²) in [6, 6.07) is 9.58. The van der Waals surface area contributed by atoms with Gasteiger partial charge in [0.25, 0.3) is 0 Å². The number of nitrogens with zero attached hydrogens (tertiary/aromatic N) is 1. The summed E-state index contributed by atoms with van der Waals surface area (Å²) in [5.41, 5.74) is 1.02. The minimum Gasteiger partial charge on any atom is -0.798 e. The van der Waals surface area contributed by atoms with E-state index in [1.54, 1.807) is 0 Å². The average Bonchev–Trinajstić information content (AvgIpc) is 2.63. The van der Waals surface area contributed by atoms with Crippen LogP contribution in [0.25, 0.3) is 0 Å². The van der Waals surface area contributed by atoms with Gasteiger partial charge in [0.1, 0.15) is 0 Å². The summed E-state index contributed by atoms with van der Waals surface area (Å²) in [7, 11) is -3.53. The summed E-state index contributed by atoms with van der Waals surface area (Å²) in [6.07, 6.45) is 3.82. The van der Waals surface area contributed by atoms with E-state index in [2.05, 4.69) is 0 Å². The standard InChI is InChI=1S/C15H22NO3P.Na/c17-15-9-5-2-6-11-16(15)13-20(18,19)12-10-14-7-3-1-4-8-14;/h1,3-4,7-8H,2,5-6,9-13H2,(H,18,19);/q;+1/p-1. The van der Waals surface area contributed by atoms with Crippen LogP contribution in [0.1, 0.15) is 31.2 Å². The van der Waals surface area contributed by atoms with Gasteiger partial charge in [-0.05, 0) is 31.0 Å². The van der Waals surface area contributed by atoms with Crippen molar-refractivity contribution in [2.24, 2.45) is 0 Å². The van der Waals surface area contributed by atoms with Crippen LogP contribution in [0.2, 0.25) is 0 Å². The Labute approximate surface area is 148 Å². The van der Waals surface area contributed by atoms with E-state index in [4.69, 9.17) is 0 Å². The number of aryl methyl sites for hydroxylation is 1. The average molecular weight is 317 g/mol. The molecule has 0 radical (unpaired) electrons. The third kappa shape index (κ3) is 6.66. The molecule has 0 spiro atoms. The number of amides is 1. The molecule has 1 fully saturated rings.